The minimum Gasteiger partial charge on any atom is -0.494 e. The highest BCUT2D eigenvalue weighted by atomic mass is 16.5. The zero-order valence-corrected chi connectivity index (χ0v) is 17.0. The molecule has 7 heteroatoms. The summed E-state index contributed by atoms with van der Waals surface area (Å²) in [6, 6.07) is 17.5. The van der Waals surface area contributed by atoms with Crippen molar-refractivity contribution in [1.29, 1.82) is 0 Å². The first-order valence-corrected chi connectivity index (χ1v) is 10.4. The first-order valence-electron chi connectivity index (χ1n) is 10.4. The second-order valence-corrected chi connectivity index (χ2v) is 7.46. The van der Waals surface area contributed by atoms with E-state index in [-0.39, 0.29) is 5.91 Å². The summed E-state index contributed by atoms with van der Waals surface area (Å²) in [6.45, 7) is 4.26. The van der Waals surface area contributed by atoms with Crippen LogP contribution in [0.4, 0.5) is 5.82 Å². The summed E-state index contributed by atoms with van der Waals surface area (Å²) in [5.74, 6) is 2.28. The summed E-state index contributed by atoms with van der Waals surface area (Å²) in [5.41, 5.74) is 6.95. The van der Waals surface area contributed by atoms with Gasteiger partial charge in [-0.2, -0.15) is 0 Å². The third-order valence-corrected chi connectivity index (χ3v) is 5.32. The number of piperazine rings is 1. The third-order valence-electron chi connectivity index (χ3n) is 5.32. The molecule has 3 aromatic rings. The van der Waals surface area contributed by atoms with Crippen LogP contribution in [0, 0.1) is 0 Å². The number of hydrogen-bond acceptors (Lipinski definition) is 6. The Morgan fingerprint density at radius 3 is 2.50 bits per heavy atom. The number of para-hydroxylation sites is 2. The van der Waals surface area contributed by atoms with Gasteiger partial charge in [0.05, 0.1) is 18.7 Å². The van der Waals surface area contributed by atoms with Crippen molar-refractivity contribution < 1.29 is 9.53 Å². The molecule has 1 saturated heterocycles. The monoisotopic (exact) mass is 405 g/mol. The Balaban J connectivity index is 1.21. The van der Waals surface area contributed by atoms with Crippen LogP contribution < -0.4 is 10.5 Å². The van der Waals surface area contributed by atoms with Crippen LogP contribution >= 0.6 is 0 Å². The number of ether oxygens (including phenoxy) is 1. The predicted molar refractivity (Wildman–Crippen MR) is 117 cm³/mol. The molecule has 1 aliphatic heterocycles. The van der Waals surface area contributed by atoms with E-state index in [9.17, 15) is 4.79 Å². The van der Waals surface area contributed by atoms with Crippen molar-refractivity contribution in [2.75, 3.05) is 38.5 Å². The number of nitrogens with zero attached hydrogens (tertiary/aromatic N) is 4. The van der Waals surface area contributed by atoms with Crippen LogP contribution in [0.25, 0.3) is 10.9 Å². The van der Waals surface area contributed by atoms with E-state index in [1.807, 2.05) is 59.5 Å². The van der Waals surface area contributed by atoms with Crippen LogP contribution in [0.1, 0.15) is 18.7 Å². The molecule has 0 radical (unpaired) electrons. The van der Waals surface area contributed by atoms with Crippen LogP contribution in [0.5, 0.6) is 5.75 Å². The van der Waals surface area contributed by atoms with Crippen LogP contribution in [-0.4, -0.2) is 58.5 Å². The molecule has 0 atom stereocenters. The SMILES string of the molecule is Nc1nc(CN2CCN(C(=O)CCCOc3ccccc3)CC2)nc2ccccc12. The molecule has 2 N–H and O–H groups in total. The highest BCUT2D eigenvalue weighted by Crippen LogP contribution is 2.18. The van der Waals surface area contributed by atoms with E-state index in [0.29, 0.717) is 25.4 Å². The number of amides is 1. The lowest BCUT2D eigenvalue weighted by Crippen LogP contribution is -2.48. The lowest BCUT2D eigenvalue weighted by molar-refractivity contribution is -0.133. The van der Waals surface area contributed by atoms with E-state index in [1.165, 1.54) is 0 Å². The van der Waals surface area contributed by atoms with Gasteiger partial charge in [-0.25, -0.2) is 9.97 Å². The lowest BCUT2D eigenvalue weighted by Gasteiger charge is -2.34. The van der Waals surface area contributed by atoms with Crippen LogP contribution in [0.3, 0.4) is 0 Å². The van der Waals surface area contributed by atoms with E-state index in [1.54, 1.807) is 0 Å². The normalized spacial score (nSPS) is 14.7. The lowest BCUT2D eigenvalue weighted by atomic mass is 10.2. The van der Waals surface area contributed by atoms with Crippen LogP contribution in [-0.2, 0) is 11.3 Å². The summed E-state index contributed by atoms with van der Waals surface area (Å²) >= 11 is 0. The van der Waals surface area contributed by atoms with Gasteiger partial charge in [0.1, 0.15) is 17.4 Å². The first-order chi connectivity index (χ1) is 14.7. The molecule has 1 aromatic heterocycles. The number of aromatic nitrogens is 2. The fraction of sp³-hybridized carbons (Fsp3) is 0.348. The second kappa shape index (κ2) is 9.54. The second-order valence-electron chi connectivity index (χ2n) is 7.46. The van der Waals surface area contributed by atoms with Gasteiger partial charge in [-0.15, -0.1) is 0 Å². The fourth-order valence-electron chi connectivity index (χ4n) is 3.67. The molecule has 7 nitrogen and oxygen atoms in total. The minimum absolute atomic E-state index is 0.192. The molecule has 0 spiro atoms. The summed E-state index contributed by atoms with van der Waals surface area (Å²) in [4.78, 5) is 25.8. The molecule has 0 unspecified atom stereocenters. The van der Waals surface area contributed by atoms with Gasteiger partial charge in [0.25, 0.3) is 0 Å². The molecule has 4 rings (SSSR count). The maximum Gasteiger partial charge on any atom is 0.222 e. The number of anilines is 1. The molecule has 1 fully saturated rings. The van der Waals surface area contributed by atoms with Crippen molar-refractivity contribution in [1.82, 2.24) is 19.8 Å². The van der Waals surface area contributed by atoms with Gasteiger partial charge >= 0.3 is 0 Å². The van der Waals surface area contributed by atoms with Crippen molar-refractivity contribution in [3.05, 3.63) is 60.4 Å². The van der Waals surface area contributed by atoms with E-state index in [2.05, 4.69) is 14.9 Å². The molecular weight excluding hydrogens is 378 g/mol. The van der Waals surface area contributed by atoms with Crippen LogP contribution in [0.2, 0.25) is 0 Å². The van der Waals surface area contributed by atoms with E-state index in [4.69, 9.17) is 10.5 Å². The quantitative estimate of drug-likeness (QED) is 0.609. The van der Waals surface area contributed by atoms with Gasteiger partial charge in [0.2, 0.25) is 5.91 Å². The van der Waals surface area contributed by atoms with E-state index < -0.39 is 0 Å². The molecule has 30 heavy (non-hydrogen) atoms. The highest BCUT2D eigenvalue weighted by molar-refractivity contribution is 5.87. The Morgan fingerprint density at radius 2 is 1.70 bits per heavy atom. The number of rotatable bonds is 7. The number of nitrogens with two attached hydrogens (primary N) is 1. The number of carbonyl (C=O) groups excluding carboxylic acids is 1. The average molecular weight is 406 g/mol. The number of fused-ring (bicyclic) bond motifs is 1. The van der Waals surface area contributed by atoms with Gasteiger partial charge in [0, 0.05) is 38.0 Å². The number of carbonyl (C=O) groups is 1. The van der Waals surface area contributed by atoms with Crippen molar-refractivity contribution in [3.63, 3.8) is 0 Å². The molecule has 2 aromatic carbocycles. The summed E-state index contributed by atoms with van der Waals surface area (Å²) < 4.78 is 5.66. The summed E-state index contributed by atoms with van der Waals surface area (Å²) in [6.07, 6.45) is 1.23. The summed E-state index contributed by atoms with van der Waals surface area (Å²) in [5, 5.41) is 0.882. The Labute approximate surface area is 176 Å². The maximum atomic E-state index is 12.5. The molecule has 2 heterocycles. The van der Waals surface area contributed by atoms with E-state index in [0.717, 1.165) is 55.1 Å². The largest absolute Gasteiger partial charge is 0.494 e. The Hall–Kier alpha value is -3.19. The standard InChI is InChI=1S/C23H27N5O2/c24-23-19-9-4-5-10-20(19)25-21(26-23)17-27-12-14-28(15-13-27)22(29)11-6-16-30-18-7-2-1-3-8-18/h1-5,7-10H,6,11-17H2,(H2,24,25,26). The molecule has 0 bridgehead atoms. The van der Waals surface area contributed by atoms with Gasteiger partial charge in [-0.1, -0.05) is 30.3 Å². The van der Waals surface area contributed by atoms with Crippen molar-refractivity contribution in [2.45, 2.75) is 19.4 Å². The van der Waals surface area contributed by atoms with Gasteiger partial charge in [0.15, 0.2) is 0 Å². The summed E-state index contributed by atoms with van der Waals surface area (Å²) in [7, 11) is 0. The van der Waals surface area contributed by atoms with E-state index >= 15 is 0 Å². The zero-order valence-electron chi connectivity index (χ0n) is 17.0. The molecule has 0 aliphatic carbocycles. The predicted octanol–water partition coefficient (Wildman–Crippen LogP) is 2.72. The Morgan fingerprint density at radius 1 is 0.967 bits per heavy atom. The van der Waals surface area contributed by atoms with Gasteiger partial charge in [-0.05, 0) is 30.7 Å². The molecule has 1 aliphatic rings. The van der Waals surface area contributed by atoms with Crippen molar-refractivity contribution in [3.8, 4) is 5.75 Å². The van der Waals surface area contributed by atoms with Gasteiger partial charge in [-0.3, -0.25) is 9.69 Å². The maximum absolute atomic E-state index is 12.5. The van der Waals surface area contributed by atoms with Gasteiger partial charge < -0.3 is 15.4 Å². The van der Waals surface area contributed by atoms with Crippen LogP contribution in [0.15, 0.2) is 54.6 Å². The fourth-order valence-corrected chi connectivity index (χ4v) is 3.67. The first kappa shape index (κ1) is 20.1. The number of hydrogen-bond donors (Lipinski definition) is 1. The minimum atomic E-state index is 0.192. The van der Waals surface area contributed by atoms with Crippen molar-refractivity contribution in [2.24, 2.45) is 0 Å². The Kier molecular flexibility index (Phi) is 6.39. The average Bonchev–Trinajstić information content (AvgIpc) is 2.78. The molecule has 0 saturated carbocycles. The molecule has 1 amide bonds. The van der Waals surface area contributed by atoms with Crippen molar-refractivity contribution >= 4 is 22.6 Å². The topological polar surface area (TPSA) is 84.6 Å². The smallest absolute Gasteiger partial charge is 0.222 e. The number of nitrogen functional groups attached to an aromatic ring is 1. The Bertz CT molecular complexity index is 987. The highest BCUT2D eigenvalue weighted by Gasteiger charge is 2.21. The molecule has 156 valence electrons. The number of benzene rings is 2. The third kappa shape index (κ3) is 5.04. The zero-order chi connectivity index (χ0) is 20.8. The molecular formula is C23H27N5O2.